The Hall–Kier alpha value is -12.3. The summed E-state index contributed by atoms with van der Waals surface area (Å²) in [5.41, 5.74) is 29.4. The Bertz CT molecular complexity index is 6210. The van der Waals surface area contributed by atoms with Crippen molar-refractivity contribution in [3.05, 3.63) is 345 Å². The fraction of sp³-hybridized carbons (Fsp3) is 0.0417. The van der Waals surface area contributed by atoms with Crippen LogP contribution in [0, 0.1) is 0 Å². The average molecular weight is 1310 g/mol. The fourth-order valence-electron chi connectivity index (χ4n) is 16.8. The molecule has 101 heavy (non-hydrogen) atoms. The average Bonchev–Trinajstić information content (AvgIpc) is 0.833. The van der Waals surface area contributed by atoms with Crippen LogP contribution in [0.15, 0.2) is 344 Å². The molecule has 0 bridgehead atoms. The van der Waals surface area contributed by atoms with Crippen LogP contribution in [0.25, 0.3) is 142 Å². The monoisotopic (exact) mass is 1300 g/mol. The topological polar surface area (TPSA) is 19.6 Å². The molecule has 0 aliphatic carbocycles. The summed E-state index contributed by atoms with van der Waals surface area (Å²) in [6, 6.07) is 127. The number of benzene rings is 16. The van der Waals surface area contributed by atoms with Crippen molar-refractivity contribution in [3.63, 3.8) is 0 Å². The molecule has 0 spiro atoms. The van der Waals surface area contributed by atoms with Crippen LogP contribution < -0.4 is 26.2 Å². The zero-order chi connectivity index (χ0) is 67.0. The molecule has 0 saturated heterocycles. The molecule has 0 atom stereocenters. The van der Waals surface area contributed by atoms with Gasteiger partial charge in [0.2, 0.25) is 0 Å². The molecule has 0 saturated carbocycles. The van der Waals surface area contributed by atoms with Crippen molar-refractivity contribution in [2.75, 3.05) is 9.80 Å². The molecule has 0 fully saturated rings. The van der Waals surface area contributed by atoms with Gasteiger partial charge in [0.05, 0.1) is 11.4 Å². The number of fused-ring (bicyclic) bond motifs is 12. The van der Waals surface area contributed by atoms with Gasteiger partial charge in [-0.2, -0.15) is 0 Å². The Morgan fingerprint density at radius 1 is 0.287 bits per heavy atom. The number of hydrogen-bond acceptors (Lipinski definition) is 4. The van der Waals surface area contributed by atoms with Crippen LogP contribution in [-0.4, -0.2) is 6.71 Å². The van der Waals surface area contributed by atoms with E-state index in [-0.39, 0.29) is 12.1 Å². The molecule has 2 aliphatic rings. The standard InChI is InChI=1S/C96H65BN2OS/c1-96(2,3)67-58-85-92-86(59-67)99(94-70(62-31-12-6-13-32-62)43-25-44-71(94)63-33-14-7-15-34-63)84-57-66(90-74-37-16-18-39-76(74)91(77-40-19-17-38-75(77)90)79-46-26-45-78-72-35-20-22-47-87(72)100-95(78)79)49-52-81(84)97(92)82-56-65(64-51-54-89-80(55-64)73-36-21-23-48-88(73)101-89)50-53-83(82)98(85)93-68(60-27-8-4-9-28-60)41-24-42-69(93)61-29-10-5-11-30-61/h4-59H,1-3H3. The van der Waals surface area contributed by atoms with E-state index < -0.39 is 0 Å². The zero-order valence-corrected chi connectivity index (χ0v) is 56.9. The molecule has 16 aromatic carbocycles. The summed E-state index contributed by atoms with van der Waals surface area (Å²) in [6.07, 6.45) is 0. The van der Waals surface area contributed by atoms with E-state index in [0.29, 0.717) is 0 Å². The van der Waals surface area contributed by atoms with Crippen molar-refractivity contribution in [2.45, 2.75) is 26.2 Å². The minimum atomic E-state index is -0.302. The molecule has 0 radical (unpaired) electrons. The molecule has 474 valence electrons. The van der Waals surface area contributed by atoms with Crippen LogP contribution in [-0.2, 0) is 5.41 Å². The maximum Gasteiger partial charge on any atom is 0.252 e. The van der Waals surface area contributed by atoms with Crippen LogP contribution in [0.2, 0.25) is 0 Å². The molecule has 2 aromatic heterocycles. The highest BCUT2D eigenvalue weighted by Gasteiger charge is 2.46. The lowest BCUT2D eigenvalue weighted by molar-refractivity contribution is 0.590. The summed E-state index contributed by atoms with van der Waals surface area (Å²) in [4.78, 5) is 5.38. The number of rotatable bonds is 9. The van der Waals surface area contributed by atoms with Gasteiger partial charge in [0.25, 0.3) is 6.71 Å². The van der Waals surface area contributed by atoms with Crippen molar-refractivity contribution in [2.24, 2.45) is 0 Å². The maximum atomic E-state index is 6.90. The molecule has 0 amide bonds. The highest BCUT2D eigenvalue weighted by atomic mass is 32.1. The van der Waals surface area contributed by atoms with Crippen LogP contribution in [0.5, 0.6) is 0 Å². The van der Waals surface area contributed by atoms with E-state index in [1.54, 1.807) is 0 Å². The highest BCUT2D eigenvalue weighted by Crippen LogP contribution is 2.56. The summed E-state index contributed by atoms with van der Waals surface area (Å²) in [5.74, 6) is 0. The summed E-state index contributed by atoms with van der Waals surface area (Å²) in [6.45, 7) is 6.91. The van der Waals surface area contributed by atoms with Gasteiger partial charge in [-0.25, -0.2) is 0 Å². The van der Waals surface area contributed by atoms with E-state index in [1.807, 2.05) is 11.3 Å². The lowest BCUT2D eigenvalue weighted by Gasteiger charge is -2.46. The number of thiophene rings is 1. The Labute approximate surface area is 591 Å². The summed E-state index contributed by atoms with van der Waals surface area (Å²) < 4.78 is 9.50. The first-order valence-electron chi connectivity index (χ1n) is 35.1. The van der Waals surface area contributed by atoms with E-state index in [9.17, 15) is 0 Å². The van der Waals surface area contributed by atoms with Crippen molar-refractivity contribution in [1.29, 1.82) is 0 Å². The molecule has 4 heterocycles. The minimum absolute atomic E-state index is 0.237. The first-order chi connectivity index (χ1) is 49.8. The molecule has 2 aliphatic heterocycles. The fourth-order valence-corrected chi connectivity index (χ4v) is 17.9. The third-order valence-electron chi connectivity index (χ3n) is 21.4. The van der Waals surface area contributed by atoms with Gasteiger partial charge in [-0.15, -0.1) is 11.3 Å². The Morgan fingerprint density at radius 3 is 1.29 bits per heavy atom. The summed E-state index contributed by atoms with van der Waals surface area (Å²) >= 11 is 1.87. The van der Waals surface area contributed by atoms with Crippen LogP contribution in [0.1, 0.15) is 26.3 Å². The number of hydrogen-bond donors (Lipinski definition) is 0. The van der Waals surface area contributed by atoms with Crippen molar-refractivity contribution < 1.29 is 4.42 Å². The maximum absolute atomic E-state index is 6.90. The smallest absolute Gasteiger partial charge is 0.252 e. The van der Waals surface area contributed by atoms with Gasteiger partial charge < -0.3 is 14.2 Å². The lowest BCUT2D eigenvalue weighted by Crippen LogP contribution is -2.61. The molecule has 5 heteroatoms. The van der Waals surface area contributed by atoms with Gasteiger partial charge >= 0.3 is 0 Å². The molecule has 20 rings (SSSR count). The van der Waals surface area contributed by atoms with Gasteiger partial charge in [0.1, 0.15) is 11.2 Å². The van der Waals surface area contributed by atoms with Crippen molar-refractivity contribution >= 4 is 132 Å². The Kier molecular flexibility index (Phi) is 13.5. The first-order valence-corrected chi connectivity index (χ1v) is 35.9. The van der Waals surface area contributed by atoms with Gasteiger partial charge in [-0.1, -0.05) is 312 Å². The highest BCUT2D eigenvalue weighted by molar-refractivity contribution is 7.25. The van der Waals surface area contributed by atoms with Crippen molar-refractivity contribution in [1.82, 2.24) is 0 Å². The summed E-state index contributed by atoms with van der Waals surface area (Å²) in [7, 11) is 0. The predicted octanol–water partition coefficient (Wildman–Crippen LogP) is 25.3. The Morgan fingerprint density at radius 2 is 0.723 bits per heavy atom. The minimum Gasteiger partial charge on any atom is -0.455 e. The molecule has 18 aromatic rings. The summed E-state index contributed by atoms with van der Waals surface area (Å²) in [5, 5.41) is 9.49. The Balaban J connectivity index is 0.928. The molecular weight excluding hydrogens is 1240 g/mol. The number of para-hydroxylation sites is 4. The number of nitrogens with zero attached hydrogens (tertiary/aromatic N) is 2. The van der Waals surface area contributed by atoms with Crippen LogP contribution >= 0.6 is 11.3 Å². The molecule has 0 unspecified atom stereocenters. The second-order valence-corrected chi connectivity index (χ2v) is 29.2. The van der Waals surface area contributed by atoms with Gasteiger partial charge in [0.15, 0.2) is 0 Å². The first kappa shape index (κ1) is 58.8. The van der Waals surface area contributed by atoms with Crippen molar-refractivity contribution in [3.8, 4) is 77.9 Å². The molecule has 0 N–H and O–H groups in total. The largest absolute Gasteiger partial charge is 0.455 e. The second-order valence-electron chi connectivity index (χ2n) is 28.1. The number of furan rings is 1. The van der Waals surface area contributed by atoms with Crippen LogP contribution in [0.4, 0.5) is 34.1 Å². The van der Waals surface area contributed by atoms with Gasteiger partial charge in [-0.3, -0.25) is 0 Å². The quantitative estimate of drug-likeness (QED) is 0.106. The van der Waals surface area contributed by atoms with Gasteiger partial charge in [0, 0.05) is 87.1 Å². The molecule has 3 nitrogen and oxygen atoms in total. The van der Waals surface area contributed by atoms with E-state index in [2.05, 4.69) is 370 Å². The SMILES string of the molecule is CC(C)(C)c1cc2c3c(c1)N(c1c(-c4ccccc4)cccc1-c1ccccc1)c1cc(-c4c5ccccc5c(-c5cccc6c5oc5ccccc56)c5ccccc45)ccc1B3c1cc(-c3ccc4sc5ccccc5c4c3)ccc1N2c1c(-c2ccccc2)cccc1-c1ccccc1. The molecular formula is C96H65BN2OS. The van der Waals surface area contributed by atoms with E-state index in [0.717, 1.165) is 112 Å². The predicted molar refractivity (Wildman–Crippen MR) is 432 cm³/mol. The van der Waals surface area contributed by atoms with E-state index >= 15 is 0 Å². The number of anilines is 6. The lowest BCUT2D eigenvalue weighted by atomic mass is 9.33. The normalized spacial score (nSPS) is 12.6. The van der Waals surface area contributed by atoms with E-state index in [1.165, 1.54) is 85.9 Å². The third kappa shape index (κ3) is 9.34. The zero-order valence-electron chi connectivity index (χ0n) is 56.1. The van der Waals surface area contributed by atoms with E-state index in [4.69, 9.17) is 4.42 Å². The third-order valence-corrected chi connectivity index (χ3v) is 22.5. The second kappa shape index (κ2) is 23.2. The van der Waals surface area contributed by atoms with Crippen LogP contribution in [0.3, 0.4) is 0 Å². The van der Waals surface area contributed by atoms with Gasteiger partial charge in [-0.05, 0) is 142 Å².